The van der Waals surface area contributed by atoms with Gasteiger partial charge in [-0.15, -0.1) is 0 Å². The highest BCUT2D eigenvalue weighted by molar-refractivity contribution is 6.02. The highest BCUT2D eigenvalue weighted by Crippen LogP contribution is 2.22. The molecule has 9 heteroatoms. The van der Waals surface area contributed by atoms with Gasteiger partial charge >= 0.3 is 5.97 Å². The van der Waals surface area contributed by atoms with E-state index in [9.17, 15) is 14.0 Å². The number of nitrogens with zero attached hydrogens (tertiary/aromatic N) is 2. The van der Waals surface area contributed by atoms with Crippen molar-refractivity contribution in [1.29, 1.82) is 0 Å². The molecule has 0 fully saturated rings. The summed E-state index contributed by atoms with van der Waals surface area (Å²) in [6, 6.07) is 11.3. The van der Waals surface area contributed by atoms with Crippen molar-refractivity contribution in [3.8, 4) is 11.5 Å². The summed E-state index contributed by atoms with van der Waals surface area (Å²) in [5.41, 5.74) is 5.72. The molecule has 0 heterocycles. The van der Waals surface area contributed by atoms with Gasteiger partial charge in [-0.25, -0.2) is 14.4 Å². The average Bonchev–Trinajstić information content (AvgIpc) is 2.72. The zero-order valence-corrected chi connectivity index (χ0v) is 16.2. The first kappa shape index (κ1) is 22.3. The van der Waals surface area contributed by atoms with Crippen molar-refractivity contribution in [3.05, 3.63) is 71.8 Å². The number of aliphatic carboxylic acids is 1. The number of aliphatic imine (C=N–C) groups is 2. The number of carbonyl (C=O) groups is 2. The molecule has 0 aliphatic heterocycles. The predicted octanol–water partition coefficient (Wildman–Crippen LogP) is 2.84. The molecule has 0 aromatic heterocycles. The average molecular weight is 412 g/mol. The van der Waals surface area contributed by atoms with E-state index in [1.165, 1.54) is 37.3 Å². The summed E-state index contributed by atoms with van der Waals surface area (Å²) >= 11 is 0. The molecule has 0 aliphatic carbocycles. The van der Waals surface area contributed by atoms with Gasteiger partial charge in [0.1, 0.15) is 29.2 Å². The minimum absolute atomic E-state index is 0.123. The fraction of sp³-hybridized carbons (Fsp3) is 0.143. The largest absolute Gasteiger partial charge is 0.480 e. The Balaban J connectivity index is 2.23. The van der Waals surface area contributed by atoms with Crippen molar-refractivity contribution in [2.24, 2.45) is 15.7 Å². The summed E-state index contributed by atoms with van der Waals surface area (Å²) in [7, 11) is 0. The van der Waals surface area contributed by atoms with E-state index < -0.39 is 17.9 Å². The Morgan fingerprint density at radius 2 is 1.77 bits per heavy atom. The lowest BCUT2D eigenvalue weighted by Gasteiger charge is -2.12. The van der Waals surface area contributed by atoms with Gasteiger partial charge in [0.25, 0.3) is 0 Å². The zero-order valence-electron chi connectivity index (χ0n) is 16.2. The van der Waals surface area contributed by atoms with E-state index in [1.807, 2.05) is 0 Å². The lowest BCUT2D eigenvalue weighted by molar-refractivity contribution is -0.138. The third-order valence-corrected chi connectivity index (χ3v) is 3.77. The minimum atomic E-state index is -1.09. The summed E-state index contributed by atoms with van der Waals surface area (Å²) in [5.74, 6) is -0.740. The number of hydrogen-bond donors (Lipinski definition) is 3. The Labute approximate surface area is 172 Å². The van der Waals surface area contributed by atoms with Gasteiger partial charge in [0.05, 0.1) is 0 Å². The fourth-order valence-corrected chi connectivity index (χ4v) is 2.23. The summed E-state index contributed by atoms with van der Waals surface area (Å²) in [6.45, 7) is 4.92. The second-order valence-electron chi connectivity index (χ2n) is 6.14. The van der Waals surface area contributed by atoms with Crippen LogP contribution in [0.3, 0.4) is 0 Å². The number of primary amides is 1. The van der Waals surface area contributed by atoms with E-state index in [0.29, 0.717) is 17.1 Å². The van der Waals surface area contributed by atoms with Crippen LogP contribution in [0.4, 0.5) is 4.39 Å². The summed E-state index contributed by atoms with van der Waals surface area (Å²) in [6.07, 6.45) is 1.24. The number of benzene rings is 2. The van der Waals surface area contributed by atoms with Crippen LogP contribution in [0.5, 0.6) is 11.5 Å². The molecule has 0 aliphatic rings. The predicted molar refractivity (Wildman–Crippen MR) is 111 cm³/mol. The number of nitrogens with one attached hydrogen (secondary N) is 1. The summed E-state index contributed by atoms with van der Waals surface area (Å²) in [5, 5.41) is 11.8. The number of nitrogens with two attached hydrogens (primary N) is 1. The quantitative estimate of drug-likeness (QED) is 0.431. The molecule has 0 unspecified atom stereocenters. The molecular formula is C21H21FN4O4. The number of carboxylic acids is 1. The molecule has 0 saturated carbocycles. The molecular weight excluding hydrogens is 391 g/mol. The topological polar surface area (TPSA) is 126 Å². The van der Waals surface area contributed by atoms with Crippen LogP contribution in [-0.2, 0) is 9.59 Å². The number of carboxylic acid groups (broad SMARTS) is 1. The molecule has 2 rings (SSSR count). The van der Waals surface area contributed by atoms with E-state index in [-0.39, 0.29) is 23.9 Å². The van der Waals surface area contributed by atoms with Crippen LogP contribution < -0.4 is 15.8 Å². The Morgan fingerprint density at radius 3 is 2.27 bits per heavy atom. The van der Waals surface area contributed by atoms with Crippen molar-refractivity contribution in [2.45, 2.75) is 19.4 Å². The summed E-state index contributed by atoms with van der Waals surface area (Å²) < 4.78 is 18.6. The third kappa shape index (κ3) is 6.86. The second-order valence-corrected chi connectivity index (χ2v) is 6.14. The maximum Gasteiger partial charge on any atom is 0.325 e. The van der Waals surface area contributed by atoms with Gasteiger partial charge in [0, 0.05) is 12.0 Å². The van der Waals surface area contributed by atoms with Gasteiger partial charge in [0.15, 0.2) is 5.84 Å². The van der Waals surface area contributed by atoms with Crippen LogP contribution in [0, 0.1) is 5.82 Å². The maximum absolute atomic E-state index is 13.0. The Morgan fingerprint density at radius 1 is 1.20 bits per heavy atom. The lowest BCUT2D eigenvalue weighted by Crippen LogP contribution is -2.33. The number of carbonyl (C=O) groups excluding carboxylic acids is 1. The van der Waals surface area contributed by atoms with E-state index in [4.69, 9.17) is 15.6 Å². The number of ether oxygens (including phenoxy) is 1. The zero-order chi connectivity index (χ0) is 22.1. The van der Waals surface area contributed by atoms with Crippen molar-refractivity contribution in [3.63, 3.8) is 0 Å². The van der Waals surface area contributed by atoms with Gasteiger partial charge < -0.3 is 20.9 Å². The molecule has 8 nitrogen and oxygen atoms in total. The van der Waals surface area contributed by atoms with Gasteiger partial charge in [0.2, 0.25) is 5.91 Å². The van der Waals surface area contributed by atoms with Crippen LogP contribution in [0.2, 0.25) is 0 Å². The summed E-state index contributed by atoms with van der Waals surface area (Å²) in [4.78, 5) is 30.3. The number of halogens is 1. The van der Waals surface area contributed by atoms with Crippen LogP contribution in [0.25, 0.3) is 0 Å². The molecule has 2 aromatic carbocycles. The Kier molecular flexibility index (Phi) is 7.81. The SMILES string of the molecule is C=N/C(=N\C(=C/CC(N)=O)N[C@@H](C)C(=O)O)c1ccc(Oc2ccc(F)cc2)cc1. The van der Waals surface area contributed by atoms with E-state index in [2.05, 4.69) is 22.0 Å². The van der Waals surface area contributed by atoms with Crippen LogP contribution >= 0.6 is 0 Å². The molecule has 2 aromatic rings. The van der Waals surface area contributed by atoms with Crippen LogP contribution in [0.1, 0.15) is 18.9 Å². The van der Waals surface area contributed by atoms with Crippen LogP contribution in [0.15, 0.2) is 70.4 Å². The van der Waals surface area contributed by atoms with Crippen molar-refractivity contribution in [2.75, 3.05) is 0 Å². The number of amidine groups is 1. The number of hydrogen-bond acceptors (Lipinski definition) is 5. The monoisotopic (exact) mass is 412 g/mol. The standard InChI is InChI=1S/C21H21FN4O4/c1-13(21(28)29)25-19(12-11-18(23)27)26-20(24-2)14-3-7-16(8-4-14)30-17-9-5-15(22)6-10-17/h3-10,12-13,25H,2,11H2,1H3,(H2,23,27)(H,28,29)/b19-12-,26-20-/t13-/m0/s1. The highest BCUT2D eigenvalue weighted by Gasteiger charge is 2.13. The molecule has 156 valence electrons. The van der Waals surface area contributed by atoms with Crippen molar-refractivity contribution >= 4 is 24.4 Å². The van der Waals surface area contributed by atoms with Crippen molar-refractivity contribution < 1.29 is 23.8 Å². The fourth-order valence-electron chi connectivity index (χ4n) is 2.23. The maximum atomic E-state index is 13.0. The second kappa shape index (κ2) is 10.5. The van der Waals surface area contributed by atoms with E-state index in [0.717, 1.165) is 0 Å². The first-order chi connectivity index (χ1) is 14.3. The molecule has 0 bridgehead atoms. The van der Waals surface area contributed by atoms with E-state index >= 15 is 0 Å². The number of rotatable bonds is 9. The first-order valence-electron chi connectivity index (χ1n) is 8.85. The molecule has 0 saturated heterocycles. The van der Waals surface area contributed by atoms with Crippen molar-refractivity contribution in [1.82, 2.24) is 5.32 Å². The van der Waals surface area contributed by atoms with Gasteiger partial charge in [-0.3, -0.25) is 9.59 Å². The Bertz CT molecular complexity index is 970. The molecule has 1 amide bonds. The van der Waals surface area contributed by atoms with Gasteiger partial charge in [-0.05, 0) is 68.2 Å². The molecule has 0 radical (unpaired) electrons. The molecule has 30 heavy (non-hydrogen) atoms. The lowest BCUT2D eigenvalue weighted by atomic mass is 10.2. The minimum Gasteiger partial charge on any atom is -0.480 e. The van der Waals surface area contributed by atoms with Gasteiger partial charge in [-0.2, -0.15) is 0 Å². The highest BCUT2D eigenvalue weighted by atomic mass is 19.1. The molecule has 0 spiro atoms. The van der Waals surface area contributed by atoms with Crippen LogP contribution in [-0.4, -0.2) is 35.6 Å². The van der Waals surface area contributed by atoms with E-state index in [1.54, 1.807) is 24.3 Å². The molecule has 1 atom stereocenters. The number of amides is 1. The normalized spacial score (nSPS) is 12.7. The third-order valence-electron chi connectivity index (χ3n) is 3.77. The Hall–Kier alpha value is -4.01. The van der Waals surface area contributed by atoms with Gasteiger partial charge in [-0.1, -0.05) is 0 Å². The smallest absolute Gasteiger partial charge is 0.325 e. The molecule has 4 N–H and O–H groups in total. The first-order valence-corrected chi connectivity index (χ1v) is 8.85.